The molecule has 1 aromatic heterocycles. The third-order valence-corrected chi connectivity index (χ3v) is 4.54. The summed E-state index contributed by atoms with van der Waals surface area (Å²) in [5.41, 5.74) is -0.188. The van der Waals surface area contributed by atoms with E-state index in [0.29, 0.717) is 6.20 Å². The standard InChI is InChI=1S/C19H20F4N4O4S/c1-11(6-7-32(3,29)30)26-17(28)14-10-25-18(19(21,22)23)27-16(14)24-9-12-8-13(20)4-5-15(12)31-2/h4-8,10-11H,9H2,1-3H3,(H,26,28)(H,24,25,27)/b7-6+/t11-/m0/s1/i2D. The largest absolute Gasteiger partial charge is 0.496 e. The number of benzene rings is 1. The zero-order valence-corrected chi connectivity index (χ0v) is 17.7. The number of carbonyl (C=O) groups excluding carboxylic acids is 1. The monoisotopic (exact) mass is 477 g/mol. The molecular weight excluding hydrogens is 456 g/mol. The van der Waals surface area contributed by atoms with Gasteiger partial charge in [0.25, 0.3) is 5.91 Å². The third kappa shape index (κ3) is 7.18. The molecule has 1 amide bonds. The van der Waals surface area contributed by atoms with Crippen molar-refractivity contribution >= 4 is 21.6 Å². The molecule has 1 heterocycles. The maximum Gasteiger partial charge on any atom is 0.451 e. The highest BCUT2D eigenvalue weighted by Gasteiger charge is 2.35. The SMILES string of the molecule is [2H]COc1ccc(F)cc1CNc1nc(C(F)(F)F)ncc1C(=O)N[C@@H](C)/C=C/S(C)(=O)=O. The summed E-state index contributed by atoms with van der Waals surface area (Å²) in [6, 6.07) is 2.61. The normalized spacial score (nSPS) is 13.5. The van der Waals surface area contributed by atoms with Gasteiger partial charge in [-0.2, -0.15) is 13.2 Å². The Morgan fingerprint density at radius 2 is 2.09 bits per heavy atom. The lowest BCUT2D eigenvalue weighted by atomic mass is 10.2. The Bertz CT molecular complexity index is 1140. The maximum atomic E-state index is 13.6. The first kappa shape index (κ1) is 23.4. The summed E-state index contributed by atoms with van der Waals surface area (Å²) in [4.78, 5) is 19.1. The van der Waals surface area contributed by atoms with Gasteiger partial charge in [-0.15, -0.1) is 0 Å². The van der Waals surface area contributed by atoms with E-state index >= 15 is 0 Å². The lowest BCUT2D eigenvalue weighted by Gasteiger charge is -2.16. The number of alkyl halides is 3. The van der Waals surface area contributed by atoms with Gasteiger partial charge in [-0.05, 0) is 25.1 Å². The van der Waals surface area contributed by atoms with Crippen LogP contribution in [0, 0.1) is 5.82 Å². The van der Waals surface area contributed by atoms with Crippen LogP contribution in [0.1, 0.15) is 30.0 Å². The van der Waals surface area contributed by atoms with Crippen molar-refractivity contribution in [3.8, 4) is 5.75 Å². The summed E-state index contributed by atoms with van der Waals surface area (Å²) in [6.07, 6.45) is -2.08. The molecule has 32 heavy (non-hydrogen) atoms. The minimum absolute atomic E-state index is 0.120. The van der Waals surface area contributed by atoms with Gasteiger partial charge in [-0.1, -0.05) is 6.08 Å². The van der Waals surface area contributed by atoms with E-state index in [-0.39, 0.29) is 23.4 Å². The molecule has 2 aromatic rings. The van der Waals surface area contributed by atoms with E-state index in [1.54, 1.807) is 0 Å². The summed E-state index contributed by atoms with van der Waals surface area (Å²) in [5.74, 6) is -3.40. The highest BCUT2D eigenvalue weighted by Crippen LogP contribution is 2.28. The number of nitrogens with zero attached hydrogens (tertiary/aromatic N) is 2. The Balaban J connectivity index is 2.35. The third-order valence-electron chi connectivity index (χ3n) is 3.88. The van der Waals surface area contributed by atoms with Gasteiger partial charge in [0.05, 0.1) is 8.46 Å². The van der Waals surface area contributed by atoms with Crippen LogP contribution in [0.4, 0.5) is 23.4 Å². The quantitative estimate of drug-likeness (QED) is 0.563. The number of hydrogen-bond donors (Lipinski definition) is 2. The van der Waals surface area contributed by atoms with Gasteiger partial charge in [0.1, 0.15) is 22.9 Å². The average molecular weight is 477 g/mol. The van der Waals surface area contributed by atoms with E-state index in [9.17, 15) is 30.8 Å². The minimum atomic E-state index is -4.89. The molecular formula is C19H20F4N4O4S. The van der Waals surface area contributed by atoms with Crippen LogP contribution in [0.15, 0.2) is 35.9 Å². The van der Waals surface area contributed by atoms with E-state index in [2.05, 4.69) is 20.6 Å². The number of rotatable bonds is 8. The molecule has 0 aliphatic rings. The smallest absolute Gasteiger partial charge is 0.451 e. The molecule has 2 N–H and O–H groups in total. The first-order valence-corrected chi connectivity index (χ1v) is 10.8. The second-order valence-electron chi connectivity index (χ2n) is 6.62. The summed E-state index contributed by atoms with van der Waals surface area (Å²) < 4.78 is 87.5. The molecule has 2 rings (SSSR count). The van der Waals surface area contributed by atoms with Crippen LogP contribution >= 0.6 is 0 Å². The minimum Gasteiger partial charge on any atom is -0.496 e. The molecule has 8 nitrogen and oxygen atoms in total. The number of amides is 1. The van der Waals surface area contributed by atoms with E-state index in [0.717, 1.165) is 23.8 Å². The fourth-order valence-electron chi connectivity index (χ4n) is 2.42. The van der Waals surface area contributed by atoms with E-state index in [1.807, 2.05) is 0 Å². The lowest BCUT2D eigenvalue weighted by molar-refractivity contribution is -0.144. The van der Waals surface area contributed by atoms with Gasteiger partial charge in [-0.3, -0.25) is 4.79 Å². The molecule has 0 radical (unpaired) electrons. The highest BCUT2D eigenvalue weighted by molar-refractivity contribution is 7.93. The van der Waals surface area contributed by atoms with Crippen LogP contribution in [0.25, 0.3) is 0 Å². The molecule has 0 aliphatic heterocycles. The van der Waals surface area contributed by atoms with Crippen molar-refractivity contribution in [2.24, 2.45) is 0 Å². The van der Waals surface area contributed by atoms with Crippen molar-refractivity contribution in [1.29, 1.82) is 0 Å². The Labute approximate surface area is 183 Å². The number of halogens is 4. The van der Waals surface area contributed by atoms with Crippen LogP contribution < -0.4 is 15.4 Å². The van der Waals surface area contributed by atoms with Gasteiger partial charge >= 0.3 is 6.18 Å². The molecule has 1 aromatic carbocycles. The van der Waals surface area contributed by atoms with Crippen LogP contribution in [0.3, 0.4) is 0 Å². The number of anilines is 1. The molecule has 174 valence electrons. The second kappa shape index (κ2) is 9.94. The number of hydrogen-bond acceptors (Lipinski definition) is 7. The molecule has 0 spiro atoms. The summed E-state index contributed by atoms with van der Waals surface area (Å²) in [6.45, 7) is 1.17. The molecule has 13 heteroatoms. The number of carbonyl (C=O) groups is 1. The first-order valence-electron chi connectivity index (χ1n) is 9.58. The van der Waals surface area contributed by atoms with E-state index in [4.69, 9.17) is 6.11 Å². The van der Waals surface area contributed by atoms with Gasteiger partial charge in [0, 0.05) is 36.0 Å². The predicted octanol–water partition coefficient (Wildman–Crippen LogP) is 2.93. The molecule has 1 atom stereocenters. The van der Waals surface area contributed by atoms with Crippen LogP contribution in [0.5, 0.6) is 5.75 Å². The predicted molar refractivity (Wildman–Crippen MR) is 108 cm³/mol. The Kier molecular flexibility index (Phi) is 7.28. The lowest BCUT2D eigenvalue weighted by Crippen LogP contribution is -2.32. The number of ether oxygens (including phenoxy) is 1. The Morgan fingerprint density at radius 1 is 1.38 bits per heavy atom. The molecule has 0 saturated carbocycles. The van der Waals surface area contributed by atoms with Gasteiger partial charge in [0.2, 0.25) is 5.82 Å². The van der Waals surface area contributed by atoms with Crippen molar-refractivity contribution in [2.45, 2.75) is 25.7 Å². The number of nitrogens with one attached hydrogen (secondary N) is 2. The van der Waals surface area contributed by atoms with Crippen LogP contribution in [-0.2, 0) is 22.6 Å². The number of methoxy groups -OCH3 is 1. The summed E-state index contributed by atoms with van der Waals surface area (Å²) >= 11 is 0. The van der Waals surface area contributed by atoms with Crippen molar-refractivity contribution in [1.82, 2.24) is 15.3 Å². The van der Waals surface area contributed by atoms with Crippen molar-refractivity contribution in [3.05, 3.63) is 58.6 Å². The van der Waals surface area contributed by atoms with Crippen LogP contribution in [-0.4, -0.2) is 43.7 Å². The molecule has 0 aliphatic carbocycles. The van der Waals surface area contributed by atoms with Gasteiger partial charge < -0.3 is 15.4 Å². The Morgan fingerprint density at radius 3 is 2.72 bits per heavy atom. The van der Waals surface area contributed by atoms with Gasteiger partial charge in [-0.25, -0.2) is 22.8 Å². The number of sulfone groups is 1. The van der Waals surface area contributed by atoms with Crippen LogP contribution in [0.2, 0.25) is 0 Å². The zero-order chi connectivity index (χ0) is 24.8. The van der Waals surface area contributed by atoms with Crippen molar-refractivity contribution in [2.75, 3.05) is 18.7 Å². The topological polar surface area (TPSA) is 110 Å². The van der Waals surface area contributed by atoms with E-state index < -0.39 is 52.5 Å². The molecule has 0 saturated heterocycles. The first-order chi connectivity index (χ1) is 15.3. The van der Waals surface area contributed by atoms with Gasteiger partial charge in [0.15, 0.2) is 9.84 Å². The maximum absolute atomic E-state index is 13.6. The number of aromatic nitrogens is 2. The molecule has 0 bridgehead atoms. The van der Waals surface area contributed by atoms with Crippen molar-refractivity contribution in [3.63, 3.8) is 0 Å². The van der Waals surface area contributed by atoms with Crippen molar-refractivity contribution < 1.29 is 36.9 Å². The fraction of sp³-hybridized carbons (Fsp3) is 0.316. The average Bonchev–Trinajstić information content (AvgIpc) is 2.71. The molecule has 0 fully saturated rings. The Hall–Kier alpha value is -3.22. The summed E-state index contributed by atoms with van der Waals surface area (Å²) in [7, 11) is -3.93. The van der Waals surface area contributed by atoms with E-state index in [1.165, 1.54) is 19.1 Å². The zero-order valence-electron chi connectivity index (χ0n) is 17.9. The highest BCUT2D eigenvalue weighted by atomic mass is 32.2. The second-order valence-corrected chi connectivity index (χ2v) is 8.56. The fourth-order valence-corrected chi connectivity index (χ4v) is 2.94. The molecule has 0 unspecified atom stereocenters. The summed E-state index contributed by atoms with van der Waals surface area (Å²) in [5, 5.41) is 5.82.